The Morgan fingerprint density at radius 1 is 0.163 bits per heavy atom. The highest BCUT2D eigenvalue weighted by Crippen LogP contribution is 2.17. The van der Waals surface area contributed by atoms with Crippen LogP contribution in [0.1, 0.15) is 296 Å². The van der Waals surface area contributed by atoms with Gasteiger partial charge in [0.05, 0.1) is 0 Å². The van der Waals surface area contributed by atoms with Gasteiger partial charge < -0.3 is 4.74 Å². The van der Waals surface area contributed by atoms with Gasteiger partial charge in [-0.25, -0.2) is 0 Å². The number of hydrogen-bond acceptors (Lipinski definition) is 1. The van der Waals surface area contributed by atoms with Crippen molar-refractivity contribution in [1.29, 1.82) is 0 Å². The van der Waals surface area contributed by atoms with E-state index in [1.165, 1.54) is 283 Å². The monoisotopic (exact) mass is 691 g/mol. The lowest BCUT2D eigenvalue weighted by Gasteiger charge is -2.06. The third-order valence-electron chi connectivity index (χ3n) is 11.3. The van der Waals surface area contributed by atoms with Crippen LogP contribution in [-0.2, 0) is 4.74 Å². The highest BCUT2D eigenvalue weighted by molar-refractivity contribution is 4.53. The van der Waals surface area contributed by atoms with Crippen LogP contribution in [0.2, 0.25) is 0 Å². The van der Waals surface area contributed by atoms with E-state index in [0.29, 0.717) is 0 Å². The van der Waals surface area contributed by atoms with Crippen LogP contribution in [-0.4, -0.2) is 13.2 Å². The zero-order valence-electron chi connectivity index (χ0n) is 34.9. The average molecular weight is 691 g/mol. The molecule has 0 rings (SSSR count). The van der Waals surface area contributed by atoms with Crippen molar-refractivity contribution in [3.8, 4) is 0 Å². The summed E-state index contributed by atoms with van der Waals surface area (Å²) in [4.78, 5) is 0. The average Bonchev–Trinajstić information content (AvgIpc) is 3.11. The normalized spacial score (nSPS) is 11.6. The molecular formula is C48H98O. The van der Waals surface area contributed by atoms with Crippen LogP contribution in [0.5, 0.6) is 0 Å². The first kappa shape index (κ1) is 49.0. The standard InChI is InChI=1S/C48H98O/c1-3-5-7-9-11-13-15-17-19-21-23-25-26-27-28-30-32-34-36-38-40-42-44-46-48-49-47-45-43-41-39-37-35-33-31-29-24-22-20-18-16-14-12-10-8-6-4-2/h3-48H2,1-2H3. The minimum absolute atomic E-state index is 0.998. The van der Waals surface area contributed by atoms with Crippen LogP contribution in [0, 0.1) is 0 Å². The Morgan fingerprint density at radius 2 is 0.286 bits per heavy atom. The molecule has 0 bridgehead atoms. The third-order valence-corrected chi connectivity index (χ3v) is 11.3. The van der Waals surface area contributed by atoms with Crippen molar-refractivity contribution in [3.05, 3.63) is 0 Å². The highest BCUT2D eigenvalue weighted by atomic mass is 16.5. The molecule has 49 heavy (non-hydrogen) atoms. The third kappa shape index (κ3) is 48.0. The van der Waals surface area contributed by atoms with E-state index in [4.69, 9.17) is 4.74 Å². The maximum atomic E-state index is 5.92. The first-order valence-electron chi connectivity index (χ1n) is 24.0. The van der Waals surface area contributed by atoms with Crippen molar-refractivity contribution in [1.82, 2.24) is 0 Å². The van der Waals surface area contributed by atoms with E-state index < -0.39 is 0 Å². The van der Waals surface area contributed by atoms with Crippen LogP contribution < -0.4 is 0 Å². The van der Waals surface area contributed by atoms with Gasteiger partial charge in [0.25, 0.3) is 0 Å². The molecule has 1 heteroatoms. The lowest BCUT2D eigenvalue weighted by molar-refractivity contribution is 0.125. The molecule has 0 saturated carbocycles. The van der Waals surface area contributed by atoms with Gasteiger partial charge in [0.1, 0.15) is 0 Å². The van der Waals surface area contributed by atoms with Gasteiger partial charge in [-0.1, -0.05) is 284 Å². The molecule has 0 fully saturated rings. The Bertz CT molecular complexity index is 483. The quantitative estimate of drug-likeness (QED) is 0.0578. The summed E-state index contributed by atoms with van der Waals surface area (Å²) in [5, 5.41) is 0. The van der Waals surface area contributed by atoms with Gasteiger partial charge in [-0.2, -0.15) is 0 Å². The molecule has 296 valence electrons. The van der Waals surface area contributed by atoms with E-state index in [1.54, 1.807) is 0 Å². The smallest absolute Gasteiger partial charge is 0.0466 e. The Labute approximate surface area is 313 Å². The van der Waals surface area contributed by atoms with E-state index in [-0.39, 0.29) is 0 Å². The van der Waals surface area contributed by atoms with E-state index in [9.17, 15) is 0 Å². The molecule has 0 spiro atoms. The molecule has 0 aliphatic rings. The molecule has 0 aliphatic heterocycles. The van der Waals surface area contributed by atoms with Crippen LogP contribution in [0.4, 0.5) is 0 Å². The molecular weight excluding hydrogens is 593 g/mol. The lowest BCUT2D eigenvalue weighted by atomic mass is 10.0. The summed E-state index contributed by atoms with van der Waals surface area (Å²) >= 11 is 0. The molecule has 0 aromatic heterocycles. The van der Waals surface area contributed by atoms with Gasteiger partial charge in [0.2, 0.25) is 0 Å². The first-order valence-corrected chi connectivity index (χ1v) is 24.0. The van der Waals surface area contributed by atoms with Gasteiger partial charge in [-0.05, 0) is 12.8 Å². The molecule has 1 nitrogen and oxygen atoms in total. The predicted molar refractivity (Wildman–Crippen MR) is 225 cm³/mol. The number of ether oxygens (including phenoxy) is 1. The predicted octanol–water partition coefficient (Wildman–Crippen LogP) is 18.2. The second-order valence-electron chi connectivity index (χ2n) is 16.5. The first-order chi connectivity index (χ1) is 24.4. The summed E-state index contributed by atoms with van der Waals surface area (Å²) in [6.07, 6.45) is 64.0. The molecule has 0 radical (unpaired) electrons. The maximum absolute atomic E-state index is 5.92. The largest absolute Gasteiger partial charge is 0.381 e. The Balaban J connectivity index is 3.04. The maximum Gasteiger partial charge on any atom is 0.0466 e. The summed E-state index contributed by atoms with van der Waals surface area (Å²) in [5.41, 5.74) is 0. The minimum Gasteiger partial charge on any atom is -0.381 e. The van der Waals surface area contributed by atoms with E-state index in [1.807, 2.05) is 0 Å². The van der Waals surface area contributed by atoms with E-state index in [0.717, 1.165) is 13.2 Å². The van der Waals surface area contributed by atoms with Crippen LogP contribution in [0.15, 0.2) is 0 Å². The summed E-state index contributed by atoms with van der Waals surface area (Å²) in [7, 11) is 0. The number of rotatable bonds is 46. The minimum atomic E-state index is 0.998. The molecule has 0 atom stereocenters. The van der Waals surface area contributed by atoms with Crippen molar-refractivity contribution in [2.75, 3.05) is 13.2 Å². The van der Waals surface area contributed by atoms with Gasteiger partial charge >= 0.3 is 0 Å². The van der Waals surface area contributed by atoms with E-state index in [2.05, 4.69) is 13.8 Å². The Kier molecular flexibility index (Phi) is 47.9. The van der Waals surface area contributed by atoms with Crippen molar-refractivity contribution in [2.24, 2.45) is 0 Å². The van der Waals surface area contributed by atoms with Crippen LogP contribution >= 0.6 is 0 Å². The van der Waals surface area contributed by atoms with Crippen molar-refractivity contribution in [3.63, 3.8) is 0 Å². The molecule has 0 saturated heterocycles. The molecule has 0 N–H and O–H groups in total. The zero-order valence-corrected chi connectivity index (χ0v) is 34.9. The fourth-order valence-electron chi connectivity index (χ4n) is 7.73. The van der Waals surface area contributed by atoms with Gasteiger partial charge in [0.15, 0.2) is 0 Å². The summed E-state index contributed by atoms with van der Waals surface area (Å²) in [6, 6.07) is 0. The second-order valence-corrected chi connectivity index (χ2v) is 16.5. The summed E-state index contributed by atoms with van der Waals surface area (Å²) < 4.78 is 5.92. The van der Waals surface area contributed by atoms with Crippen LogP contribution in [0.25, 0.3) is 0 Å². The van der Waals surface area contributed by atoms with E-state index >= 15 is 0 Å². The van der Waals surface area contributed by atoms with Gasteiger partial charge in [0, 0.05) is 13.2 Å². The van der Waals surface area contributed by atoms with Crippen molar-refractivity contribution in [2.45, 2.75) is 296 Å². The molecule has 0 aromatic carbocycles. The second kappa shape index (κ2) is 48.0. The van der Waals surface area contributed by atoms with Gasteiger partial charge in [-0.3, -0.25) is 0 Å². The Morgan fingerprint density at radius 3 is 0.429 bits per heavy atom. The van der Waals surface area contributed by atoms with Crippen LogP contribution in [0.3, 0.4) is 0 Å². The van der Waals surface area contributed by atoms with Crippen molar-refractivity contribution >= 4 is 0 Å². The molecule has 0 unspecified atom stereocenters. The number of hydrogen-bond donors (Lipinski definition) is 0. The fourth-order valence-corrected chi connectivity index (χ4v) is 7.73. The Hall–Kier alpha value is -0.0400. The highest BCUT2D eigenvalue weighted by Gasteiger charge is 1.98. The fraction of sp³-hybridized carbons (Fsp3) is 1.00. The summed E-state index contributed by atoms with van der Waals surface area (Å²) in [5.74, 6) is 0. The molecule has 0 heterocycles. The lowest BCUT2D eigenvalue weighted by Crippen LogP contribution is -1.97. The van der Waals surface area contributed by atoms with Gasteiger partial charge in [-0.15, -0.1) is 0 Å². The number of unbranched alkanes of at least 4 members (excludes halogenated alkanes) is 42. The molecule has 0 amide bonds. The SMILES string of the molecule is CCCCCCCCCCCCCCCCCCCCCCCCCCOCCCCCCCCCCCCCCCCCCCCCC. The van der Waals surface area contributed by atoms with Crippen molar-refractivity contribution < 1.29 is 4.74 Å². The topological polar surface area (TPSA) is 9.23 Å². The molecule has 0 aliphatic carbocycles. The zero-order chi connectivity index (χ0) is 35.2. The molecule has 0 aromatic rings. The summed E-state index contributed by atoms with van der Waals surface area (Å²) in [6.45, 7) is 6.61.